The fraction of sp³-hybridized carbons (Fsp3) is 0.455. The summed E-state index contributed by atoms with van der Waals surface area (Å²) in [5.74, 6) is -0.148. The van der Waals surface area contributed by atoms with Crippen molar-refractivity contribution in [1.29, 1.82) is 0 Å². The number of hydrogen-bond donors (Lipinski definition) is 1. The number of rotatable bonds is 6. The Morgan fingerprint density at radius 3 is 2.74 bits per heavy atom. The van der Waals surface area contributed by atoms with Gasteiger partial charge in [0.15, 0.2) is 0 Å². The van der Waals surface area contributed by atoms with E-state index < -0.39 is 16.1 Å². The predicted molar refractivity (Wildman–Crippen MR) is 121 cm³/mol. The Bertz CT molecular complexity index is 1020. The predicted octanol–water partition coefficient (Wildman–Crippen LogP) is 3.49. The van der Waals surface area contributed by atoms with Crippen LogP contribution in [0.25, 0.3) is 0 Å². The lowest BCUT2D eigenvalue weighted by Gasteiger charge is -2.37. The quantitative estimate of drug-likeness (QED) is 0.638. The highest BCUT2D eigenvalue weighted by molar-refractivity contribution is 9.10. The molecule has 0 amide bonds. The fourth-order valence-electron chi connectivity index (χ4n) is 3.74. The summed E-state index contributed by atoms with van der Waals surface area (Å²) in [6.07, 6.45) is -0.310. The third-order valence-electron chi connectivity index (χ3n) is 5.46. The van der Waals surface area contributed by atoms with Crippen LogP contribution in [0.5, 0.6) is 5.75 Å². The SMILES string of the molecule is C[C@H]1CN([C@@H](C)CO)S(=O)(=O)c2ccc(Br)cc2O[C@@H]1CN(C)Cc1cccc(F)c1. The van der Waals surface area contributed by atoms with Crippen LogP contribution in [0.3, 0.4) is 0 Å². The first-order valence-electron chi connectivity index (χ1n) is 10.1. The molecule has 0 aromatic heterocycles. The number of likely N-dealkylation sites (N-methyl/N-ethyl adjacent to an activating group) is 1. The molecule has 2 aromatic rings. The van der Waals surface area contributed by atoms with Crippen molar-refractivity contribution in [3.63, 3.8) is 0 Å². The highest BCUT2D eigenvalue weighted by Crippen LogP contribution is 2.35. The van der Waals surface area contributed by atoms with Crippen LogP contribution in [0.1, 0.15) is 19.4 Å². The molecule has 9 heteroatoms. The van der Waals surface area contributed by atoms with Crippen LogP contribution < -0.4 is 4.74 Å². The number of benzene rings is 2. The molecule has 1 N–H and O–H groups in total. The minimum Gasteiger partial charge on any atom is -0.487 e. The second-order valence-corrected chi connectivity index (χ2v) is 10.9. The van der Waals surface area contributed by atoms with Crippen LogP contribution in [0, 0.1) is 11.7 Å². The van der Waals surface area contributed by atoms with E-state index in [2.05, 4.69) is 15.9 Å². The molecule has 0 saturated heterocycles. The second-order valence-electron chi connectivity index (χ2n) is 8.16. The van der Waals surface area contributed by atoms with Crippen molar-refractivity contribution in [3.05, 3.63) is 58.3 Å². The second kappa shape index (κ2) is 9.95. The van der Waals surface area contributed by atoms with Crippen molar-refractivity contribution >= 4 is 26.0 Å². The van der Waals surface area contributed by atoms with E-state index in [4.69, 9.17) is 4.74 Å². The van der Waals surface area contributed by atoms with Gasteiger partial charge in [-0.15, -0.1) is 0 Å². The van der Waals surface area contributed by atoms with E-state index in [0.717, 1.165) is 5.56 Å². The van der Waals surface area contributed by atoms with Crippen molar-refractivity contribution in [3.8, 4) is 5.75 Å². The summed E-state index contributed by atoms with van der Waals surface area (Å²) in [6, 6.07) is 10.7. The molecule has 170 valence electrons. The van der Waals surface area contributed by atoms with E-state index in [-0.39, 0.29) is 41.6 Å². The third-order valence-corrected chi connectivity index (χ3v) is 7.98. The first-order chi connectivity index (χ1) is 14.6. The Labute approximate surface area is 191 Å². The molecule has 0 saturated carbocycles. The van der Waals surface area contributed by atoms with Gasteiger partial charge in [-0.05, 0) is 49.9 Å². The summed E-state index contributed by atoms with van der Waals surface area (Å²) in [5, 5.41) is 9.67. The molecule has 6 nitrogen and oxygen atoms in total. The van der Waals surface area contributed by atoms with Gasteiger partial charge in [0.25, 0.3) is 0 Å². The van der Waals surface area contributed by atoms with E-state index >= 15 is 0 Å². The minimum absolute atomic E-state index is 0.0840. The van der Waals surface area contributed by atoms with Gasteiger partial charge in [-0.3, -0.25) is 4.90 Å². The van der Waals surface area contributed by atoms with Gasteiger partial charge in [-0.2, -0.15) is 4.31 Å². The molecule has 1 heterocycles. The normalized spacial score (nSPS) is 22.3. The Kier molecular flexibility index (Phi) is 7.75. The van der Waals surface area contributed by atoms with Crippen LogP contribution in [0.15, 0.2) is 51.8 Å². The fourth-order valence-corrected chi connectivity index (χ4v) is 5.90. The Hall–Kier alpha value is -1.52. The van der Waals surface area contributed by atoms with E-state index in [1.54, 1.807) is 25.1 Å². The highest BCUT2D eigenvalue weighted by Gasteiger charge is 2.38. The molecule has 0 unspecified atom stereocenters. The van der Waals surface area contributed by atoms with Gasteiger partial charge in [0, 0.05) is 36.1 Å². The minimum atomic E-state index is -3.84. The summed E-state index contributed by atoms with van der Waals surface area (Å²) in [7, 11) is -1.91. The highest BCUT2D eigenvalue weighted by atomic mass is 79.9. The zero-order valence-electron chi connectivity index (χ0n) is 17.8. The van der Waals surface area contributed by atoms with E-state index in [1.807, 2.05) is 24.9 Å². The summed E-state index contributed by atoms with van der Waals surface area (Å²) in [4.78, 5) is 2.12. The Balaban J connectivity index is 1.91. The largest absolute Gasteiger partial charge is 0.487 e. The lowest BCUT2D eigenvalue weighted by Crippen LogP contribution is -2.49. The van der Waals surface area contributed by atoms with Crippen molar-refractivity contribution in [2.75, 3.05) is 26.7 Å². The molecule has 0 aliphatic carbocycles. The molecular formula is C22H28BrFN2O4S. The maximum absolute atomic E-state index is 13.5. The monoisotopic (exact) mass is 514 g/mol. The zero-order chi connectivity index (χ0) is 22.8. The van der Waals surface area contributed by atoms with Crippen LogP contribution >= 0.6 is 15.9 Å². The Morgan fingerprint density at radius 1 is 1.32 bits per heavy atom. The number of halogens is 2. The molecule has 31 heavy (non-hydrogen) atoms. The molecule has 1 aliphatic heterocycles. The molecule has 2 aromatic carbocycles. The number of aliphatic hydroxyl groups excluding tert-OH is 1. The van der Waals surface area contributed by atoms with Crippen LogP contribution in [-0.2, 0) is 16.6 Å². The first-order valence-corrected chi connectivity index (χ1v) is 12.4. The summed E-state index contributed by atoms with van der Waals surface area (Å²) < 4.78 is 48.5. The van der Waals surface area contributed by atoms with Gasteiger partial charge in [-0.1, -0.05) is 35.0 Å². The third kappa shape index (κ3) is 5.64. The smallest absolute Gasteiger partial charge is 0.247 e. The van der Waals surface area contributed by atoms with Gasteiger partial charge >= 0.3 is 0 Å². The lowest BCUT2D eigenvalue weighted by atomic mass is 10.0. The summed E-state index contributed by atoms with van der Waals surface area (Å²) >= 11 is 3.39. The van der Waals surface area contributed by atoms with Crippen molar-refractivity contribution in [2.24, 2.45) is 5.92 Å². The number of hydrogen-bond acceptors (Lipinski definition) is 5. The van der Waals surface area contributed by atoms with Gasteiger partial charge in [0.2, 0.25) is 10.0 Å². The van der Waals surface area contributed by atoms with E-state index in [9.17, 15) is 17.9 Å². The Morgan fingerprint density at radius 2 is 2.06 bits per heavy atom. The van der Waals surface area contributed by atoms with Gasteiger partial charge in [-0.25, -0.2) is 12.8 Å². The molecule has 0 spiro atoms. The molecule has 0 fully saturated rings. The number of ether oxygens (including phenoxy) is 1. The number of nitrogens with zero attached hydrogens (tertiary/aromatic N) is 2. The molecular weight excluding hydrogens is 487 g/mol. The molecule has 0 bridgehead atoms. The molecule has 1 aliphatic rings. The van der Waals surface area contributed by atoms with Crippen molar-refractivity contribution < 1.29 is 22.7 Å². The van der Waals surface area contributed by atoms with Crippen molar-refractivity contribution in [2.45, 2.75) is 37.4 Å². The average Bonchev–Trinajstić information content (AvgIpc) is 2.69. The van der Waals surface area contributed by atoms with E-state index in [0.29, 0.717) is 17.6 Å². The van der Waals surface area contributed by atoms with E-state index in [1.165, 1.54) is 22.5 Å². The molecule has 0 radical (unpaired) electrons. The van der Waals surface area contributed by atoms with Gasteiger partial charge in [0.1, 0.15) is 22.6 Å². The molecule has 3 atom stereocenters. The standard InChI is InChI=1S/C22H28BrFN2O4S/c1-15-11-26(16(2)14-27)31(28,29)22-8-7-18(23)10-20(22)30-21(15)13-25(3)12-17-5-4-6-19(24)9-17/h4-10,15-16,21,27H,11-14H2,1-3H3/t15-,16-,21+/m0/s1. The maximum atomic E-state index is 13.5. The van der Waals surface area contributed by atoms with Crippen LogP contribution in [0.4, 0.5) is 4.39 Å². The van der Waals surface area contributed by atoms with Gasteiger partial charge in [0.05, 0.1) is 6.61 Å². The molecule has 3 rings (SSSR count). The van der Waals surface area contributed by atoms with Crippen LogP contribution in [0.2, 0.25) is 0 Å². The van der Waals surface area contributed by atoms with Crippen molar-refractivity contribution in [1.82, 2.24) is 9.21 Å². The van der Waals surface area contributed by atoms with Crippen LogP contribution in [-0.4, -0.2) is 61.6 Å². The zero-order valence-corrected chi connectivity index (χ0v) is 20.2. The average molecular weight is 515 g/mol. The first kappa shape index (κ1) is 24.1. The summed E-state index contributed by atoms with van der Waals surface area (Å²) in [5.41, 5.74) is 0.849. The number of aliphatic hydroxyl groups is 1. The topological polar surface area (TPSA) is 70.1 Å². The number of sulfonamides is 1. The summed E-state index contributed by atoms with van der Waals surface area (Å²) in [6.45, 7) is 4.63. The van der Waals surface area contributed by atoms with Gasteiger partial charge < -0.3 is 9.84 Å². The maximum Gasteiger partial charge on any atom is 0.247 e. The number of fused-ring (bicyclic) bond motifs is 1. The lowest BCUT2D eigenvalue weighted by molar-refractivity contribution is 0.0733.